The highest BCUT2D eigenvalue weighted by Crippen LogP contribution is 2.31. The van der Waals surface area contributed by atoms with Crippen LogP contribution in [-0.2, 0) is 16.1 Å². The Bertz CT molecular complexity index is 877. The smallest absolute Gasteiger partial charge is 0.322 e. The number of benzene rings is 1. The highest BCUT2D eigenvalue weighted by atomic mass is 16.6. The Morgan fingerprint density at radius 2 is 1.81 bits per heavy atom. The maximum atomic E-state index is 12.3. The van der Waals surface area contributed by atoms with Crippen LogP contribution in [-0.4, -0.2) is 46.0 Å². The summed E-state index contributed by atoms with van der Waals surface area (Å²) in [6.45, 7) is 0.773. The van der Waals surface area contributed by atoms with E-state index in [1.54, 1.807) is 18.2 Å². The summed E-state index contributed by atoms with van der Waals surface area (Å²) in [5.74, 6) is 0.0932. The van der Waals surface area contributed by atoms with E-state index in [0.29, 0.717) is 30.3 Å². The first kappa shape index (κ1) is 16.1. The van der Waals surface area contributed by atoms with Gasteiger partial charge in [0.2, 0.25) is 17.7 Å². The summed E-state index contributed by atoms with van der Waals surface area (Å²) >= 11 is 0. The lowest BCUT2D eigenvalue weighted by atomic mass is 10.2. The Morgan fingerprint density at radius 3 is 2.58 bits per heavy atom. The summed E-state index contributed by atoms with van der Waals surface area (Å²) in [5.41, 5.74) is 0.332. The molecule has 1 fully saturated rings. The highest BCUT2D eigenvalue weighted by molar-refractivity contribution is 6.03. The van der Waals surface area contributed by atoms with Crippen LogP contribution in [0.15, 0.2) is 22.6 Å². The van der Waals surface area contributed by atoms with Gasteiger partial charge in [-0.05, 0) is 18.2 Å². The molecule has 3 heterocycles. The molecule has 2 aliphatic heterocycles. The molecule has 0 bridgehead atoms. The minimum Gasteiger partial charge on any atom is -0.486 e. The second-order valence-electron chi connectivity index (χ2n) is 5.69. The molecule has 0 saturated carbocycles. The van der Waals surface area contributed by atoms with Crippen molar-refractivity contribution in [3.63, 3.8) is 0 Å². The summed E-state index contributed by atoms with van der Waals surface area (Å²) in [7, 11) is 0. The minimum atomic E-state index is -0.467. The molecule has 2 aromatic rings. The molecule has 1 saturated heterocycles. The fraction of sp³-hybridized carbons (Fsp3) is 0.312. The fourth-order valence-corrected chi connectivity index (χ4v) is 2.66. The van der Waals surface area contributed by atoms with Gasteiger partial charge in [-0.2, -0.15) is 0 Å². The zero-order valence-electron chi connectivity index (χ0n) is 13.6. The first-order valence-electron chi connectivity index (χ1n) is 7.97. The molecule has 0 unspecified atom stereocenters. The number of aromatic nitrogens is 2. The van der Waals surface area contributed by atoms with Gasteiger partial charge in [0.25, 0.3) is 5.91 Å². The van der Waals surface area contributed by atoms with Crippen molar-refractivity contribution < 1.29 is 28.3 Å². The Hall–Kier alpha value is -3.43. The molecule has 4 rings (SSSR count). The van der Waals surface area contributed by atoms with Crippen molar-refractivity contribution in [3.05, 3.63) is 29.7 Å². The molecule has 1 aromatic carbocycles. The number of anilines is 1. The summed E-state index contributed by atoms with van der Waals surface area (Å²) < 4.78 is 16.1. The second kappa shape index (κ2) is 6.47. The average molecular weight is 358 g/mol. The molecule has 0 spiro atoms. The SMILES string of the molecule is O=C(Nc1nnc(CN2C(=O)CCC2=O)o1)c1ccc2c(c1)OCCO2. The zero-order valence-corrected chi connectivity index (χ0v) is 13.6. The number of nitrogens with zero attached hydrogens (tertiary/aromatic N) is 3. The van der Waals surface area contributed by atoms with Crippen LogP contribution in [0.4, 0.5) is 6.01 Å². The number of nitrogens with one attached hydrogen (secondary N) is 1. The van der Waals surface area contributed by atoms with E-state index in [1.165, 1.54) is 0 Å². The number of rotatable bonds is 4. The number of hydrogen-bond donors (Lipinski definition) is 1. The summed E-state index contributed by atoms with van der Waals surface area (Å²) in [4.78, 5) is 36.6. The normalized spacial score (nSPS) is 16.1. The largest absolute Gasteiger partial charge is 0.486 e. The molecule has 1 aromatic heterocycles. The minimum absolute atomic E-state index is 0.0612. The molecular formula is C16H14N4O6. The van der Waals surface area contributed by atoms with Crippen LogP contribution in [0.1, 0.15) is 29.1 Å². The van der Waals surface area contributed by atoms with E-state index < -0.39 is 5.91 Å². The summed E-state index contributed by atoms with van der Waals surface area (Å²) in [6.07, 6.45) is 0.362. The number of carbonyl (C=O) groups excluding carboxylic acids is 3. The number of likely N-dealkylation sites (tertiary alicyclic amines) is 1. The lowest BCUT2D eigenvalue weighted by Crippen LogP contribution is -2.28. The summed E-state index contributed by atoms with van der Waals surface area (Å²) in [5, 5.41) is 9.92. The molecule has 2 aliphatic rings. The number of fused-ring (bicyclic) bond motifs is 1. The van der Waals surface area contributed by atoms with Crippen LogP contribution in [0.2, 0.25) is 0 Å². The van der Waals surface area contributed by atoms with Gasteiger partial charge in [0.15, 0.2) is 11.5 Å². The van der Waals surface area contributed by atoms with Gasteiger partial charge in [0.1, 0.15) is 19.8 Å². The Morgan fingerprint density at radius 1 is 1.08 bits per heavy atom. The van der Waals surface area contributed by atoms with Crippen molar-refractivity contribution in [3.8, 4) is 11.5 Å². The highest BCUT2D eigenvalue weighted by Gasteiger charge is 2.30. The first-order valence-corrected chi connectivity index (χ1v) is 7.97. The number of ether oxygens (including phenoxy) is 2. The topological polar surface area (TPSA) is 124 Å². The molecule has 0 aliphatic carbocycles. The number of carbonyl (C=O) groups is 3. The second-order valence-corrected chi connectivity index (χ2v) is 5.69. The van der Waals surface area contributed by atoms with Gasteiger partial charge in [-0.3, -0.25) is 24.6 Å². The third-order valence-electron chi connectivity index (χ3n) is 3.94. The Labute approximate surface area is 147 Å². The van der Waals surface area contributed by atoms with E-state index >= 15 is 0 Å². The molecule has 134 valence electrons. The standard InChI is InChI=1S/C16H14N4O6/c21-13-3-4-14(22)20(13)8-12-18-19-16(26-12)17-15(23)9-1-2-10-11(7-9)25-6-5-24-10/h1-2,7H,3-6,8H2,(H,17,19,23). The van der Waals surface area contributed by atoms with E-state index in [1.807, 2.05) is 0 Å². The van der Waals surface area contributed by atoms with Crippen molar-refractivity contribution in [1.29, 1.82) is 0 Å². The quantitative estimate of drug-likeness (QED) is 0.794. The van der Waals surface area contributed by atoms with Crippen molar-refractivity contribution >= 4 is 23.7 Å². The monoisotopic (exact) mass is 358 g/mol. The Kier molecular flexibility index (Phi) is 3.99. The van der Waals surface area contributed by atoms with Crippen LogP contribution >= 0.6 is 0 Å². The third-order valence-corrected chi connectivity index (χ3v) is 3.94. The van der Waals surface area contributed by atoms with Gasteiger partial charge in [0, 0.05) is 18.4 Å². The van der Waals surface area contributed by atoms with Crippen molar-refractivity contribution in [2.75, 3.05) is 18.5 Å². The lowest BCUT2D eigenvalue weighted by Gasteiger charge is -2.18. The van der Waals surface area contributed by atoms with Gasteiger partial charge in [-0.1, -0.05) is 5.10 Å². The van der Waals surface area contributed by atoms with Crippen LogP contribution in [0.5, 0.6) is 11.5 Å². The van der Waals surface area contributed by atoms with Crippen molar-refractivity contribution in [2.45, 2.75) is 19.4 Å². The fourth-order valence-electron chi connectivity index (χ4n) is 2.66. The van der Waals surface area contributed by atoms with Gasteiger partial charge in [0.05, 0.1) is 0 Å². The molecule has 0 radical (unpaired) electrons. The van der Waals surface area contributed by atoms with E-state index in [9.17, 15) is 14.4 Å². The van der Waals surface area contributed by atoms with E-state index in [0.717, 1.165) is 4.90 Å². The molecular weight excluding hydrogens is 344 g/mol. The predicted octanol–water partition coefficient (Wildman–Crippen LogP) is 0.742. The van der Waals surface area contributed by atoms with Crippen molar-refractivity contribution in [1.82, 2.24) is 15.1 Å². The van der Waals surface area contributed by atoms with Gasteiger partial charge < -0.3 is 13.9 Å². The maximum absolute atomic E-state index is 12.3. The van der Waals surface area contributed by atoms with Crippen LogP contribution in [0, 0.1) is 0 Å². The van der Waals surface area contributed by atoms with E-state index in [-0.39, 0.29) is 43.1 Å². The van der Waals surface area contributed by atoms with Gasteiger partial charge in [-0.25, -0.2) is 0 Å². The maximum Gasteiger partial charge on any atom is 0.322 e. The Balaban J connectivity index is 1.43. The zero-order chi connectivity index (χ0) is 18.1. The van der Waals surface area contributed by atoms with Crippen LogP contribution < -0.4 is 14.8 Å². The van der Waals surface area contributed by atoms with Crippen LogP contribution in [0.3, 0.4) is 0 Å². The third kappa shape index (κ3) is 3.08. The lowest BCUT2D eigenvalue weighted by molar-refractivity contribution is -0.139. The van der Waals surface area contributed by atoms with Gasteiger partial charge in [-0.15, -0.1) is 5.10 Å². The molecule has 0 atom stereocenters. The van der Waals surface area contributed by atoms with Gasteiger partial charge >= 0.3 is 6.01 Å². The molecule has 26 heavy (non-hydrogen) atoms. The molecule has 1 N–H and O–H groups in total. The van der Waals surface area contributed by atoms with Crippen LogP contribution in [0.25, 0.3) is 0 Å². The molecule has 3 amide bonds. The molecule has 10 nitrogen and oxygen atoms in total. The van der Waals surface area contributed by atoms with Crippen molar-refractivity contribution in [2.24, 2.45) is 0 Å². The summed E-state index contributed by atoms with van der Waals surface area (Å²) in [6, 6.07) is 4.66. The predicted molar refractivity (Wildman–Crippen MR) is 84.5 cm³/mol. The number of hydrogen-bond acceptors (Lipinski definition) is 8. The molecule has 10 heteroatoms. The number of imide groups is 1. The average Bonchev–Trinajstić information content (AvgIpc) is 3.22. The van der Waals surface area contributed by atoms with E-state index in [4.69, 9.17) is 13.9 Å². The van der Waals surface area contributed by atoms with E-state index in [2.05, 4.69) is 15.5 Å². The first-order chi connectivity index (χ1) is 12.6. The number of amides is 3.